The Balaban J connectivity index is 2.08. The van der Waals surface area contributed by atoms with Crippen LogP contribution in [0.3, 0.4) is 0 Å². The van der Waals surface area contributed by atoms with Gasteiger partial charge in [0.2, 0.25) is 0 Å². The van der Waals surface area contributed by atoms with Crippen molar-refractivity contribution in [3.05, 3.63) is 34.1 Å². The monoisotopic (exact) mass is 269 g/mol. The van der Waals surface area contributed by atoms with Gasteiger partial charge in [-0.2, -0.15) is 0 Å². The Labute approximate surface area is 108 Å². The molecule has 0 atom stereocenters. The van der Waals surface area contributed by atoms with Crippen LogP contribution in [-0.2, 0) is 4.79 Å². The molecule has 6 nitrogen and oxygen atoms in total. The first-order valence-corrected chi connectivity index (χ1v) is 5.70. The van der Waals surface area contributed by atoms with E-state index in [1.165, 1.54) is 6.07 Å². The van der Waals surface area contributed by atoms with Crippen LogP contribution in [0.25, 0.3) is 0 Å². The van der Waals surface area contributed by atoms with Crippen LogP contribution < -0.4 is 4.74 Å². The molecule has 0 heterocycles. The average Bonchev–Trinajstić information content (AvgIpc) is 3.06. The number of carboxylic acids is 1. The Bertz CT molecular complexity index is 527. The molecule has 102 valence electrons. The summed E-state index contributed by atoms with van der Waals surface area (Å²) in [6, 6.07) is 3.04. The molecule has 0 aromatic heterocycles. The Morgan fingerprint density at radius 3 is 2.74 bits per heavy atom. The minimum Gasteiger partial charge on any atom is -0.486 e. The Hall–Kier alpha value is -2.18. The Morgan fingerprint density at radius 1 is 1.53 bits per heavy atom. The quantitative estimate of drug-likeness (QED) is 0.632. The number of nitro groups is 1. The summed E-state index contributed by atoms with van der Waals surface area (Å²) in [7, 11) is 0. The van der Waals surface area contributed by atoms with Gasteiger partial charge in [-0.1, -0.05) is 0 Å². The van der Waals surface area contributed by atoms with Crippen molar-refractivity contribution in [2.75, 3.05) is 6.61 Å². The summed E-state index contributed by atoms with van der Waals surface area (Å²) in [4.78, 5) is 20.7. The van der Waals surface area contributed by atoms with E-state index in [9.17, 15) is 19.3 Å². The van der Waals surface area contributed by atoms with Crippen LogP contribution in [0, 0.1) is 21.3 Å². The number of benzene rings is 1. The number of nitro benzene ring substituents is 1. The van der Waals surface area contributed by atoms with E-state index in [0.29, 0.717) is 12.8 Å². The number of halogens is 1. The highest BCUT2D eigenvalue weighted by Gasteiger charge is 2.45. The number of hydrogen-bond donors (Lipinski definition) is 1. The molecule has 1 aromatic carbocycles. The standard InChI is InChI=1S/C12H12FNO5/c13-8-1-2-10(9(5-8)14(17)18)19-7-12(3-4-12)6-11(15)16/h1-2,5H,3-4,6-7H2,(H,15,16). The SMILES string of the molecule is O=C(O)CC1(COc2ccc(F)cc2[N+](=O)[O-])CC1. The van der Waals surface area contributed by atoms with Crippen LogP contribution in [0.1, 0.15) is 19.3 Å². The molecule has 1 aromatic rings. The van der Waals surface area contributed by atoms with Crippen LogP contribution in [0.4, 0.5) is 10.1 Å². The van der Waals surface area contributed by atoms with Crippen LogP contribution >= 0.6 is 0 Å². The van der Waals surface area contributed by atoms with Gasteiger partial charge >= 0.3 is 11.7 Å². The van der Waals surface area contributed by atoms with Gasteiger partial charge in [0, 0.05) is 5.41 Å². The molecule has 1 saturated carbocycles. The summed E-state index contributed by atoms with van der Waals surface area (Å²) < 4.78 is 18.2. The van der Waals surface area contributed by atoms with Crippen molar-refractivity contribution in [2.45, 2.75) is 19.3 Å². The fourth-order valence-corrected chi connectivity index (χ4v) is 1.86. The van der Waals surface area contributed by atoms with Gasteiger partial charge in [-0.05, 0) is 25.0 Å². The summed E-state index contributed by atoms with van der Waals surface area (Å²) in [6.45, 7) is 0.0891. The molecule has 1 N–H and O–H groups in total. The number of nitrogens with zero attached hydrogens (tertiary/aromatic N) is 1. The lowest BCUT2D eigenvalue weighted by Crippen LogP contribution is -2.17. The van der Waals surface area contributed by atoms with Crippen molar-refractivity contribution in [1.29, 1.82) is 0 Å². The second-order valence-corrected chi connectivity index (χ2v) is 4.73. The molecule has 0 unspecified atom stereocenters. The average molecular weight is 269 g/mol. The van der Waals surface area contributed by atoms with E-state index in [1.54, 1.807) is 0 Å². The summed E-state index contributed by atoms with van der Waals surface area (Å²) in [5.41, 5.74) is -0.889. The van der Waals surface area contributed by atoms with Crippen molar-refractivity contribution < 1.29 is 24.0 Å². The van der Waals surface area contributed by atoms with E-state index in [-0.39, 0.29) is 18.8 Å². The van der Waals surface area contributed by atoms with E-state index >= 15 is 0 Å². The molecule has 0 bridgehead atoms. The van der Waals surface area contributed by atoms with Crippen LogP contribution in [0.15, 0.2) is 18.2 Å². The zero-order valence-electron chi connectivity index (χ0n) is 9.97. The molecule has 0 aliphatic heterocycles. The molecule has 0 amide bonds. The normalized spacial score (nSPS) is 15.8. The molecular weight excluding hydrogens is 257 g/mol. The van der Waals surface area contributed by atoms with E-state index in [1.807, 2.05) is 0 Å². The first-order valence-electron chi connectivity index (χ1n) is 5.70. The van der Waals surface area contributed by atoms with E-state index in [2.05, 4.69) is 0 Å². The molecule has 0 radical (unpaired) electrons. The minimum absolute atomic E-state index is 0.0258. The topological polar surface area (TPSA) is 89.7 Å². The van der Waals surface area contributed by atoms with Crippen LogP contribution in [0.2, 0.25) is 0 Å². The number of ether oxygens (including phenoxy) is 1. The van der Waals surface area contributed by atoms with Gasteiger partial charge < -0.3 is 9.84 Å². The van der Waals surface area contributed by atoms with Gasteiger partial charge in [0.1, 0.15) is 5.82 Å². The zero-order chi connectivity index (χ0) is 14.0. The largest absolute Gasteiger partial charge is 0.486 e. The lowest BCUT2D eigenvalue weighted by Gasteiger charge is -2.13. The molecule has 0 spiro atoms. The number of rotatable bonds is 6. The Kier molecular flexibility index (Phi) is 3.37. The highest BCUT2D eigenvalue weighted by atomic mass is 19.1. The molecule has 1 aliphatic rings. The van der Waals surface area contributed by atoms with Gasteiger partial charge in [-0.15, -0.1) is 0 Å². The van der Waals surface area contributed by atoms with Gasteiger partial charge in [-0.3, -0.25) is 14.9 Å². The maximum Gasteiger partial charge on any atom is 0.313 e. The summed E-state index contributed by atoms with van der Waals surface area (Å²) in [5.74, 6) is -1.68. The third-order valence-electron chi connectivity index (χ3n) is 3.13. The fraction of sp³-hybridized carbons (Fsp3) is 0.417. The minimum atomic E-state index is -0.922. The Morgan fingerprint density at radius 2 is 2.21 bits per heavy atom. The van der Waals surface area contributed by atoms with Crippen molar-refractivity contribution in [2.24, 2.45) is 5.41 Å². The maximum absolute atomic E-state index is 12.9. The molecule has 2 rings (SSSR count). The number of aliphatic carboxylic acids is 1. The number of carbonyl (C=O) groups is 1. The third kappa shape index (κ3) is 3.18. The van der Waals surface area contributed by atoms with Crippen LogP contribution in [0.5, 0.6) is 5.75 Å². The van der Waals surface area contributed by atoms with Crippen molar-refractivity contribution in [1.82, 2.24) is 0 Å². The maximum atomic E-state index is 12.9. The fourth-order valence-electron chi connectivity index (χ4n) is 1.86. The van der Waals surface area contributed by atoms with Crippen molar-refractivity contribution in [3.8, 4) is 5.75 Å². The van der Waals surface area contributed by atoms with E-state index < -0.39 is 27.8 Å². The predicted molar refractivity (Wildman–Crippen MR) is 62.5 cm³/mol. The number of carboxylic acid groups (broad SMARTS) is 1. The molecule has 1 fully saturated rings. The van der Waals surface area contributed by atoms with E-state index in [4.69, 9.17) is 9.84 Å². The van der Waals surface area contributed by atoms with Gasteiger partial charge in [0.25, 0.3) is 0 Å². The highest BCUT2D eigenvalue weighted by Crippen LogP contribution is 2.49. The van der Waals surface area contributed by atoms with Gasteiger partial charge in [-0.25, -0.2) is 4.39 Å². The molecule has 0 saturated heterocycles. The highest BCUT2D eigenvalue weighted by molar-refractivity contribution is 5.68. The van der Waals surface area contributed by atoms with Gasteiger partial charge in [0.05, 0.1) is 24.0 Å². The smallest absolute Gasteiger partial charge is 0.313 e. The summed E-state index contributed by atoms with van der Waals surface area (Å²) >= 11 is 0. The summed E-state index contributed by atoms with van der Waals surface area (Å²) in [5, 5.41) is 19.5. The van der Waals surface area contributed by atoms with Crippen molar-refractivity contribution in [3.63, 3.8) is 0 Å². The molecule has 19 heavy (non-hydrogen) atoms. The third-order valence-corrected chi connectivity index (χ3v) is 3.13. The lowest BCUT2D eigenvalue weighted by molar-refractivity contribution is -0.386. The van der Waals surface area contributed by atoms with Crippen molar-refractivity contribution >= 4 is 11.7 Å². The number of hydrogen-bond acceptors (Lipinski definition) is 4. The molecular formula is C12H12FNO5. The zero-order valence-corrected chi connectivity index (χ0v) is 9.97. The van der Waals surface area contributed by atoms with E-state index in [0.717, 1.165) is 12.1 Å². The van der Waals surface area contributed by atoms with Gasteiger partial charge in [0.15, 0.2) is 5.75 Å². The first-order chi connectivity index (χ1) is 8.92. The summed E-state index contributed by atoms with van der Waals surface area (Å²) in [6.07, 6.45) is 1.41. The second kappa shape index (κ2) is 4.83. The van der Waals surface area contributed by atoms with Crippen LogP contribution in [-0.4, -0.2) is 22.6 Å². The second-order valence-electron chi connectivity index (χ2n) is 4.73. The molecule has 1 aliphatic carbocycles. The predicted octanol–water partition coefficient (Wildman–Crippen LogP) is 2.37. The first kappa shape index (κ1) is 13.3. The molecule has 7 heteroatoms. The lowest BCUT2D eigenvalue weighted by atomic mass is 10.0.